The summed E-state index contributed by atoms with van der Waals surface area (Å²) in [7, 11) is -0.773. The highest BCUT2D eigenvalue weighted by Crippen LogP contribution is 2.07. The third-order valence-corrected chi connectivity index (χ3v) is 2.06. The molecular weight excluding hydrogens is 108 g/mol. The van der Waals surface area contributed by atoms with E-state index >= 15 is 0 Å². The third kappa shape index (κ3) is 0.800. The van der Waals surface area contributed by atoms with Gasteiger partial charge < -0.3 is 0 Å². The first-order valence-electron chi connectivity index (χ1n) is 2.04. The van der Waals surface area contributed by atoms with Crippen LogP contribution in [0.1, 0.15) is 0 Å². The number of rotatable bonds is 0. The monoisotopic (exact) mass is 114 g/mol. The smallest absolute Gasteiger partial charge is 0.0561 e. The standard InChI is InChI=1S/C5H6OS/c1-5-3-2-4-7(5)6/h2-3H,1,4H2. The molecule has 0 radical (unpaired) electrons. The van der Waals surface area contributed by atoms with E-state index in [4.69, 9.17) is 0 Å². The molecule has 0 aliphatic carbocycles. The highest BCUT2D eigenvalue weighted by Gasteiger charge is 2.03. The van der Waals surface area contributed by atoms with Gasteiger partial charge in [-0.3, -0.25) is 4.21 Å². The lowest BCUT2D eigenvalue weighted by atomic mass is 10.5. The molecule has 0 aromatic rings. The summed E-state index contributed by atoms with van der Waals surface area (Å²) in [5.74, 6) is 0.666. The minimum Gasteiger partial charge on any atom is -0.254 e. The fourth-order valence-electron chi connectivity index (χ4n) is 0.450. The van der Waals surface area contributed by atoms with Crippen LogP contribution in [-0.4, -0.2) is 9.96 Å². The van der Waals surface area contributed by atoms with Gasteiger partial charge in [-0.2, -0.15) is 0 Å². The molecule has 0 aromatic heterocycles. The average Bonchev–Trinajstić information content (AvgIpc) is 1.91. The van der Waals surface area contributed by atoms with Gasteiger partial charge in [0, 0.05) is 10.7 Å². The molecule has 0 bridgehead atoms. The van der Waals surface area contributed by atoms with E-state index in [2.05, 4.69) is 6.58 Å². The second kappa shape index (κ2) is 1.62. The summed E-state index contributed by atoms with van der Waals surface area (Å²) >= 11 is 0. The second-order valence-electron chi connectivity index (χ2n) is 1.38. The van der Waals surface area contributed by atoms with E-state index in [1.807, 2.05) is 6.08 Å². The number of hydrogen-bond donors (Lipinski definition) is 0. The largest absolute Gasteiger partial charge is 0.254 e. The van der Waals surface area contributed by atoms with Crippen LogP contribution in [0.2, 0.25) is 0 Å². The lowest BCUT2D eigenvalue weighted by Gasteiger charge is -1.82. The van der Waals surface area contributed by atoms with Crippen molar-refractivity contribution in [2.75, 3.05) is 5.75 Å². The predicted octanol–water partition coefficient (Wildman–Crippen LogP) is 0.819. The van der Waals surface area contributed by atoms with E-state index in [0.29, 0.717) is 5.75 Å². The summed E-state index contributed by atoms with van der Waals surface area (Å²) in [6.45, 7) is 3.55. The van der Waals surface area contributed by atoms with E-state index in [-0.39, 0.29) is 0 Å². The zero-order valence-corrected chi connectivity index (χ0v) is 4.70. The summed E-state index contributed by atoms with van der Waals surface area (Å²) in [5, 5.41) is 0. The van der Waals surface area contributed by atoms with Crippen LogP contribution in [0.5, 0.6) is 0 Å². The van der Waals surface area contributed by atoms with Crippen LogP contribution in [0.25, 0.3) is 0 Å². The molecule has 1 atom stereocenters. The maximum Gasteiger partial charge on any atom is 0.0561 e. The Morgan fingerprint density at radius 1 is 1.86 bits per heavy atom. The van der Waals surface area contributed by atoms with Crippen LogP contribution in [0.3, 0.4) is 0 Å². The molecule has 0 saturated carbocycles. The van der Waals surface area contributed by atoms with Crippen molar-refractivity contribution < 1.29 is 4.21 Å². The van der Waals surface area contributed by atoms with Crippen molar-refractivity contribution in [2.24, 2.45) is 0 Å². The van der Waals surface area contributed by atoms with Gasteiger partial charge in [-0.05, 0) is 6.08 Å². The van der Waals surface area contributed by atoms with Crippen molar-refractivity contribution in [1.82, 2.24) is 0 Å². The minimum absolute atomic E-state index is 0.666. The summed E-state index contributed by atoms with van der Waals surface area (Å²) in [6.07, 6.45) is 3.68. The summed E-state index contributed by atoms with van der Waals surface area (Å²) < 4.78 is 10.5. The SMILES string of the molecule is C=C1C=CCS1=O. The normalized spacial score (nSPS) is 29.1. The summed E-state index contributed by atoms with van der Waals surface area (Å²) in [5.41, 5.74) is 0. The first kappa shape index (κ1) is 4.78. The molecule has 0 fully saturated rings. The minimum atomic E-state index is -0.773. The summed E-state index contributed by atoms with van der Waals surface area (Å²) in [4.78, 5) is 0.750. The Morgan fingerprint density at radius 3 is 2.71 bits per heavy atom. The fraction of sp³-hybridized carbons (Fsp3) is 0.200. The summed E-state index contributed by atoms with van der Waals surface area (Å²) in [6, 6.07) is 0. The van der Waals surface area contributed by atoms with E-state index < -0.39 is 10.8 Å². The molecule has 0 saturated heterocycles. The van der Waals surface area contributed by atoms with Crippen molar-refractivity contribution >= 4 is 10.8 Å². The van der Waals surface area contributed by atoms with Gasteiger partial charge in [0.05, 0.1) is 10.8 Å². The zero-order chi connectivity index (χ0) is 5.28. The molecule has 1 aliphatic rings. The van der Waals surface area contributed by atoms with Gasteiger partial charge in [-0.1, -0.05) is 12.7 Å². The molecule has 0 N–H and O–H groups in total. The van der Waals surface area contributed by atoms with Gasteiger partial charge in [-0.25, -0.2) is 0 Å². The topological polar surface area (TPSA) is 17.1 Å². The Balaban J connectivity index is 2.81. The van der Waals surface area contributed by atoms with Crippen LogP contribution in [0.15, 0.2) is 23.6 Å². The van der Waals surface area contributed by atoms with Crippen molar-refractivity contribution in [3.05, 3.63) is 23.6 Å². The molecule has 0 aromatic carbocycles. The van der Waals surface area contributed by atoms with Gasteiger partial charge in [0.1, 0.15) is 0 Å². The van der Waals surface area contributed by atoms with Gasteiger partial charge >= 0.3 is 0 Å². The number of hydrogen-bond acceptors (Lipinski definition) is 1. The van der Waals surface area contributed by atoms with Crippen LogP contribution in [0.4, 0.5) is 0 Å². The molecule has 1 aliphatic heterocycles. The van der Waals surface area contributed by atoms with Crippen LogP contribution in [0, 0.1) is 0 Å². The molecule has 38 valence electrons. The third-order valence-electron chi connectivity index (χ3n) is 0.844. The van der Waals surface area contributed by atoms with Gasteiger partial charge in [0.2, 0.25) is 0 Å². The zero-order valence-electron chi connectivity index (χ0n) is 3.89. The Kier molecular flexibility index (Phi) is 1.11. The molecule has 1 rings (SSSR count). The first-order valence-corrected chi connectivity index (χ1v) is 3.36. The second-order valence-corrected chi connectivity index (χ2v) is 2.93. The molecule has 0 amide bonds. The van der Waals surface area contributed by atoms with Gasteiger partial charge in [0.25, 0.3) is 0 Å². The number of allylic oxidation sites excluding steroid dienone is 1. The van der Waals surface area contributed by atoms with Crippen LogP contribution < -0.4 is 0 Å². The fourth-order valence-corrected chi connectivity index (χ4v) is 1.18. The maximum absolute atomic E-state index is 10.5. The molecule has 7 heavy (non-hydrogen) atoms. The molecule has 0 spiro atoms. The lowest BCUT2D eigenvalue weighted by molar-refractivity contribution is 0.690. The van der Waals surface area contributed by atoms with E-state index in [9.17, 15) is 4.21 Å². The average molecular weight is 114 g/mol. The Labute approximate surface area is 45.2 Å². The Bertz CT molecular complexity index is 146. The van der Waals surface area contributed by atoms with Gasteiger partial charge in [0.15, 0.2) is 0 Å². The van der Waals surface area contributed by atoms with Crippen molar-refractivity contribution in [3.8, 4) is 0 Å². The first-order chi connectivity index (χ1) is 3.30. The molecule has 1 heterocycles. The molecule has 2 heteroatoms. The Hall–Kier alpha value is -0.370. The molecular formula is C5H6OS. The van der Waals surface area contributed by atoms with Crippen molar-refractivity contribution in [3.63, 3.8) is 0 Å². The van der Waals surface area contributed by atoms with Crippen molar-refractivity contribution in [1.29, 1.82) is 0 Å². The van der Waals surface area contributed by atoms with Crippen LogP contribution in [-0.2, 0) is 10.8 Å². The van der Waals surface area contributed by atoms with E-state index in [1.165, 1.54) is 0 Å². The molecule has 1 nitrogen and oxygen atoms in total. The van der Waals surface area contributed by atoms with Crippen LogP contribution >= 0.6 is 0 Å². The highest BCUT2D eigenvalue weighted by atomic mass is 32.2. The molecule has 1 unspecified atom stereocenters. The van der Waals surface area contributed by atoms with E-state index in [1.54, 1.807) is 6.08 Å². The quantitative estimate of drug-likeness (QED) is 0.455. The lowest BCUT2D eigenvalue weighted by Crippen LogP contribution is -1.84. The highest BCUT2D eigenvalue weighted by molar-refractivity contribution is 7.89. The van der Waals surface area contributed by atoms with Crippen molar-refractivity contribution in [2.45, 2.75) is 0 Å². The Morgan fingerprint density at radius 2 is 2.57 bits per heavy atom. The predicted molar refractivity (Wildman–Crippen MR) is 31.3 cm³/mol. The van der Waals surface area contributed by atoms with E-state index in [0.717, 1.165) is 4.91 Å². The maximum atomic E-state index is 10.5. The van der Waals surface area contributed by atoms with Gasteiger partial charge in [-0.15, -0.1) is 0 Å².